The van der Waals surface area contributed by atoms with Crippen LogP contribution < -0.4 is 5.32 Å². The molecule has 0 saturated heterocycles. The SMILES string of the molecule is CCOC(=O)c1cnc2c(C)c(C)ccc2c1NCC(C)(O)c1cnn(C)c1. The van der Waals surface area contributed by atoms with Crippen LogP contribution in [-0.2, 0) is 17.4 Å². The number of aryl methyl sites for hydroxylation is 3. The van der Waals surface area contributed by atoms with Crippen molar-refractivity contribution in [3.05, 3.63) is 53.0 Å². The van der Waals surface area contributed by atoms with Gasteiger partial charge in [-0.15, -0.1) is 0 Å². The van der Waals surface area contributed by atoms with Crippen LogP contribution >= 0.6 is 0 Å². The summed E-state index contributed by atoms with van der Waals surface area (Å²) >= 11 is 0. The fourth-order valence-electron chi connectivity index (χ4n) is 3.12. The number of hydrogen-bond acceptors (Lipinski definition) is 6. The Morgan fingerprint density at radius 2 is 2.07 bits per heavy atom. The number of esters is 1. The number of ether oxygens (including phenoxy) is 1. The summed E-state index contributed by atoms with van der Waals surface area (Å²) in [6.45, 7) is 7.97. The first-order valence-corrected chi connectivity index (χ1v) is 9.26. The van der Waals surface area contributed by atoms with E-state index in [9.17, 15) is 9.90 Å². The first-order chi connectivity index (χ1) is 13.2. The molecule has 0 saturated carbocycles. The highest BCUT2D eigenvalue weighted by molar-refractivity contribution is 6.05. The van der Waals surface area contributed by atoms with Crippen molar-refractivity contribution >= 4 is 22.6 Å². The molecule has 148 valence electrons. The number of anilines is 1. The molecule has 0 fully saturated rings. The van der Waals surface area contributed by atoms with Crippen LogP contribution in [0.1, 0.15) is 40.9 Å². The molecule has 0 aliphatic carbocycles. The van der Waals surface area contributed by atoms with Crippen LogP contribution in [0.2, 0.25) is 0 Å². The zero-order chi connectivity index (χ0) is 20.5. The van der Waals surface area contributed by atoms with E-state index in [0.717, 1.165) is 22.0 Å². The van der Waals surface area contributed by atoms with Gasteiger partial charge in [-0.05, 0) is 38.8 Å². The molecule has 3 rings (SSSR count). The van der Waals surface area contributed by atoms with Gasteiger partial charge in [-0.25, -0.2) is 4.79 Å². The summed E-state index contributed by atoms with van der Waals surface area (Å²) in [6, 6.07) is 3.94. The van der Waals surface area contributed by atoms with Crippen LogP contribution in [0.5, 0.6) is 0 Å². The van der Waals surface area contributed by atoms with Gasteiger partial charge in [0.25, 0.3) is 0 Å². The number of carbonyl (C=O) groups is 1. The van der Waals surface area contributed by atoms with Gasteiger partial charge in [0, 0.05) is 36.9 Å². The number of nitrogens with zero attached hydrogens (tertiary/aromatic N) is 3. The molecular weight excluding hydrogens is 356 g/mol. The van der Waals surface area contributed by atoms with Gasteiger partial charge in [0.05, 0.1) is 24.0 Å². The lowest BCUT2D eigenvalue weighted by molar-refractivity contribution is 0.0525. The van der Waals surface area contributed by atoms with E-state index in [2.05, 4.69) is 15.4 Å². The van der Waals surface area contributed by atoms with Crippen molar-refractivity contribution in [2.75, 3.05) is 18.5 Å². The van der Waals surface area contributed by atoms with E-state index in [1.54, 1.807) is 38.0 Å². The van der Waals surface area contributed by atoms with Crippen LogP contribution in [0.3, 0.4) is 0 Å². The highest BCUT2D eigenvalue weighted by atomic mass is 16.5. The Labute approximate surface area is 164 Å². The quantitative estimate of drug-likeness (QED) is 0.637. The fourth-order valence-corrected chi connectivity index (χ4v) is 3.12. The van der Waals surface area contributed by atoms with E-state index < -0.39 is 11.6 Å². The maximum absolute atomic E-state index is 12.5. The van der Waals surface area contributed by atoms with Crippen molar-refractivity contribution in [1.82, 2.24) is 14.8 Å². The monoisotopic (exact) mass is 382 g/mol. The summed E-state index contributed by atoms with van der Waals surface area (Å²) in [7, 11) is 1.80. The molecule has 1 atom stereocenters. The average Bonchev–Trinajstić information content (AvgIpc) is 3.10. The standard InChI is InChI=1S/C21H26N4O3/c1-6-28-20(26)17-10-22-18-14(3)13(2)7-8-16(18)19(17)23-12-21(4,27)15-9-24-25(5)11-15/h7-11,27H,6,12H2,1-5H3,(H,22,23). The second-order valence-corrected chi connectivity index (χ2v) is 7.20. The van der Waals surface area contributed by atoms with Crippen LogP contribution in [0.15, 0.2) is 30.7 Å². The van der Waals surface area contributed by atoms with Gasteiger partial charge in [0.1, 0.15) is 11.2 Å². The zero-order valence-corrected chi connectivity index (χ0v) is 16.9. The molecule has 7 heteroatoms. The molecule has 0 amide bonds. The summed E-state index contributed by atoms with van der Waals surface area (Å²) in [5, 5.41) is 19.1. The summed E-state index contributed by atoms with van der Waals surface area (Å²) < 4.78 is 6.84. The van der Waals surface area contributed by atoms with Crippen molar-refractivity contribution in [3.8, 4) is 0 Å². The van der Waals surface area contributed by atoms with Gasteiger partial charge < -0.3 is 15.2 Å². The van der Waals surface area contributed by atoms with Gasteiger partial charge in [-0.1, -0.05) is 12.1 Å². The topological polar surface area (TPSA) is 89.3 Å². The van der Waals surface area contributed by atoms with Crippen LogP contribution in [-0.4, -0.2) is 39.0 Å². The molecule has 2 heterocycles. The predicted molar refractivity (Wildman–Crippen MR) is 108 cm³/mol. The Morgan fingerprint density at radius 1 is 1.32 bits per heavy atom. The Hall–Kier alpha value is -2.93. The molecule has 1 unspecified atom stereocenters. The summed E-state index contributed by atoms with van der Waals surface area (Å²) in [5.74, 6) is -0.446. The number of carbonyl (C=O) groups excluding carboxylic acids is 1. The number of pyridine rings is 1. The van der Waals surface area contributed by atoms with E-state index in [1.807, 2.05) is 26.0 Å². The minimum Gasteiger partial charge on any atom is -0.462 e. The molecule has 0 spiro atoms. The number of benzene rings is 1. The third kappa shape index (κ3) is 3.71. The molecule has 0 aliphatic heterocycles. The van der Waals surface area contributed by atoms with E-state index in [-0.39, 0.29) is 13.2 Å². The molecule has 1 aromatic carbocycles. The van der Waals surface area contributed by atoms with Crippen molar-refractivity contribution < 1.29 is 14.6 Å². The van der Waals surface area contributed by atoms with Crippen LogP contribution in [0, 0.1) is 13.8 Å². The van der Waals surface area contributed by atoms with Crippen molar-refractivity contribution in [3.63, 3.8) is 0 Å². The molecule has 28 heavy (non-hydrogen) atoms. The van der Waals surface area contributed by atoms with Crippen molar-refractivity contribution in [2.24, 2.45) is 7.05 Å². The second-order valence-electron chi connectivity index (χ2n) is 7.20. The minimum atomic E-state index is -1.17. The number of aromatic nitrogens is 3. The van der Waals surface area contributed by atoms with E-state index in [4.69, 9.17) is 4.74 Å². The number of rotatable bonds is 6. The summed E-state index contributed by atoms with van der Waals surface area (Å²) in [5.41, 5.74) is 3.46. The second kappa shape index (κ2) is 7.59. The smallest absolute Gasteiger partial charge is 0.341 e. The van der Waals surface area contributed by atoms with Crippen LogP contribution in [0.25, 0.3) is 10.9 Å². The highest BCUT2D eigenvalue weighted by Gasteiger charge is 2.26. The number of fused-ring (bicyclic) bond motifs is 1. The third-order valence-electron chi connectivity index (χ3n) is 4.99. The first kappa shape index (κ1) is 19.8. The predicted octanol–water partition coefficient (Wildman–Crippen LogP) is 3.08. The van der Waals surface area contributed by atoms with Crippen LogP contribution in [0.4, 0.5) is 5.69 Å². The maximum atomic E-state index is 12.5. The number of aliphatic hydroxyl groups is 1. The molecular formula is C21H26N4O3. The summed E-state index contributed by atoms with van der Waals surface area (Å²) in [6.07, 6.45) is 4.94. The minimum absolute atomic E-state index is 0.192. The van der Waals surface area contributed by atoms with E-state index in [0.29, 0.717) is 16.8 Å². The molecule has 2 aromatic heterocycles. The fraction of sp³-hybridized carbons (Fsp3) is 0.381. The van der Waals surface area contributed by atoms with E-state index >= 15 is 0 Å². The van der Waals surface area contributed by atoms with Crippen molar-refractivity contribution in [2.45, 2.75) is 33.3 Å². The van der Waals surface area contributed by atoms with Gasteiger partial charge in [0.2, 0.25) is 0 Å². The Morgan fingerprint density at radius 3 is 2.71 bits per heavy atom. The van der Waals surface area contributed by atoms with Gasteiger partial charge >= 0.3 is 5.97 Å². The van der Waals surface area contributed by atoms with Crippen molar-refractivity contribution in [1.29, 1.82) is 0 Å². The average molecular weight is 382 g/mol. The largest absolute Gasteiger partial charge is 0.462 e. The number of nitrogens with one attached hydrogen (secondary N) is 1. The third-order valence-corrected chi connectivity index (χ3v) is 4.99. The lowest BCUT2D eigenvalue weighted by atomic mass is 9.98. The highest BCUT2D eigenvalue weighted by Crippen LogP contribution is 2.31. The maximum Gasteiger partial charge on any atom is 0.341 e. The normalized spacial score (nSPS) is 13.4. The zero-order valence-electron chi connectivity index (χ0n) is 16.9. The van der Waals surface area contributed by atoms with Gasteiger partial charge in [-0.2, -0.15) is 5.10 Å². The number of hydrogen-bond donors (Lipinski definition) is 2. The molecule has 3 aromatic rings. The molecule has 2 N–H and O–H groups in total. The van der Waals surface area contributed by atoms with Gasteiger partial charge in [0.15, 0.2) is 0 Å². The Kier molecular flexibility index (Phi) is 5.38. The lowest BCUT2D eigenvalue weighted by Crippen LogP contribution is -2.31. The summed E-state index contributed by atoms with van der Waals surface area (Å²) in [4.78, 5) is 17.0. The Balaban J connectivity index is 2.04. The Bertz CT molecular complexity index is 1020. The molecule has 0 radical (unpaired) electrons. The molecule has 0 bridgehead atoms. The first-order valence-electron chi connectivity index (χ1n) is 9.26. The lowest BCUT2D eigenvalue weighted by Gasteiger charge is -2.24. The van der Waals surface area contributed by atoms with E-state index in [1.165, 1.54) is 6.20 Å². The molecule has 7 nitrogen and oxygen atoms in total. The molecule has 0 aliphatic rings. The van der Waals surface area contributed by atoms with Gasteiger partial charge in [-0.3, -0.25) is 9.67 Å².